The highest BCUT2D eigenvalue weighted by molar-refractivity contribution is 6.12. The number of fused-ring (bicyclic) bond motifs is 2. The second kappa shape index (κ2) is 7.41. The summed E-state index contributed by atoms with van der Waals surface area (Å²) in [6, 6.07) is 11.1. The Labute approximate surface area is 161 Å². The molecule has 2 N–H and O–H groups in total. The topological polar surface area (TPSA) is 96.5 Å². The Hall–Kier alpha value is -3.23. The number of hydrogen-bond acceptors (Lipinski definition) is 6. The van der Waals surface area contributed by atoms with E-state index in [-0.39, 0.29) is 17.2 Å². The van der Waals surface area contributed by atoms with Crippen molar-refractivity contribution in [3.05, 3.63) is 59.2 Å². The molecule has 0 saturated carbocycles. The summed E-state index contributed by atoms with van der Waals surface area (Å²) in [6.45, 7) is 6.10. The van der Waals surface area contributed by atoms with Crippen molar-refractivity contribution in [1.29, 1.82) is 0 Å². The van der Waals surface area contributed by atoms with Crippen molar-refractivity contribution in [2.75, 3.05) is 31.1 Å². The van der Waals surface area contributed by atoms with Crippen LogP contribution in [0.4, 0.5) is 17.1 Å². The lowest BCUT2D eigenvalue weighted by atomic mass is 9.97. The van der Waals surface area contributed by atoms with Gasteiger partial charge in [-0.15, -0.1) is 6.58 Å². The van der Waals surface area contributed by atoms with Gasteiger partial charge in [0.1, 0.15) is 11.4 Å². The fourth-order valence-corrected chi connectivity index (χ4v) is 3.76. The number of nitrogens with one attached hydrogen (secondary N) is 1. The van der Waals surface area contributed by atoms with Crippen LogP contribution in [0, 0.1) is 10.1 Å². The monoisotopic (exact) mass is 379 g/mol. The SMILES string of the molecule is C=CCN1c2ccccc2-c2nn(CCNCCO)c3ccc([N+](=O)[O-])c1c23. The molecular weight excluding hydrogens is 358 g/mol. The molecule has 2 heterocycles. The first kappa shape index (κ1) is 18.1. The summed E-state index contributed by atoms with van der Waals surface area (Å²) in [6.07, 6.45) is 1.74. The number of benzene rings is 2. The van der Waals surface area contributed by atoms with Crippen molar-refractivity contribution in [1.82, 2.24) is 15.1 Å². The molecule has 1 aromatic heterocycles. The molecule has 4 rings (SSSR count). The summed E-state index contributed by atoms with van der Waals surface area (Å²) < 4.78 is 1.87. The summed E-state index contributed by atoms with van der Waals surface area (Å²) in [5.74, 6) is 0. The number of hydrogen-bond donors (Lipinski definition) is 2. The van der Waals surface area contributed by atoms with Gasteiger partial charge >= 0.3 is 0 Å². The number of aliphatic hydroxyl groups excluding tert-OH is 1. The Balaban J connectivity index is 1.95. The molecule has 0 bridgehead atoms. The van der Waals surface area contributed by atoms with Crippen molar-refractivity contribution in [3.63, 3.8) is 0 Å². The van der Waals surface area contributed by atoms with Gasteiger partial charge in [0.05, 0.1) is 34.7 Å². The summed E-state index contributed by atoms with van der Waals surface area (Å²) in [5, 5.41) is 29.4. The van der Waals surface area contributed by atoms with Crippen LogP contribution < -0.4 is 10.2 Å². The minimum absolute atomic E-state index is 0.0584. The van der Waals surface area contributed by atoms with Gasteiger partial charge in [0, 0.05) is 31.3 Å². The van der Waals surface area contributed by atoms with E-state index in [9.17, 15) is 10.1 Å². The molecular formula is C20H21N5O3. The lowest BCUT2D eigenvalue weighted by Crippen LogP contribution is -2.23. The third-order valence-corrected chi connectivity index (χ3v) is 4.89. The molecule has 144 valence electrons. The summed E-state index contributed by atoms with van der Waals surface area (Å²) in [5.41, 5.74) is 4.06. The Bertz CT molecular complexity index is 1060. The standard InChI is InChI=1S/C20H21N5O3/c1-2-11-23-15-6-4-3-5-14(15)19-18-16(7-8-17(20(18)23)25(27)28)24(22-19)12-9-21-10-13-26/h2-8,21,26H,1,9-13H2. The maximum atomic E-state index is 11.8. The largest absolute Gasteiger partial charge is 0.395 e. The smallest absolute Gasteiger partial charge is 0.293 e. The predicted octanol–water partition coefficient (Wildman–Crippen LogP) is 2.83. The molecule has 8 nitrogen and oxygen atoms in total. The van der Waals surface area contributed by atoms with Crippen molar-refractivity contribution < 1.29 is 10.0 Å². The summed E-state index contributed by atoms with van der Waals surface area (Å²) >= 11 is 0. The van der Waals surface area contributed by atoms with E-state index in [1.807, 2.05) is 33.8 Å². The van der Waals surface area contributed by atoms with Crippen LogP contribution in [0.25, 0.3) is 22.2 Å². The van der Waals surface area contributed by atoms with Gasteiger partial charge in [0.25, 0.3) is 5.69 Å². The lowest BCUT2D eigenvalue weighted by molar-refractivity contribution is -0.384. The van der Waals surface area contributed by atoms with E-state index in [4.69, 9.17) is 10.2 Å². The van der Waals surface area contributed by atoms with E-state index in [0.717, 1.165) is 27.8 Å². The van der Waals surface area contributed by atoms with Crippen molar-refractivity contribution in [3.8, 4) is 11.3 Å². The fourth-order valence-electron chi connectivity index (χ4n) is 3.76. The second-order valence-electron chi connectivity index (χ2n) is 6.55. The van der Waals surface area contributed by atoms with Crippen LogP contribution in [-0.2, 0) is 6.54 Å². The molecule has 3 aromatic rings. The maximum Gasteiger partial charge on any atom is 0.293 e. The maximum absolute atomic E-state index is 11.8. The van der Waals surface area contributed by atoms with Crippen molar-refractivity contribution in [2.45, 2.75) is 6.54 Å². The average molecular weight is 379 g/mol. The van der Waals surface area contributed by atoms with E-state index in [1.54, 1.807) is 18.2 Å². The zero-order valence-corrected chi connectivity index (χ0v) is 15.3. The minimum atomic E-state index is -0.345. The molecule has 0 radical (unpaired) electrons. The third-order valence-electron chi connectivity index (χ3n) is 4.89. The van der Waals surface area contributed by atoms with Crippen LogP contribution in [0.1, 0.15) is 0 Å². The Morgan fingerprint density at radius 1 is 1.25 bits per heavy atom. The molecule has 0 aliphatic carbocycles. The molecule has 0 unspecified atom stereocenters. The third kappa shape index (κ3) is 2.83. The first-order chi connectivity index (χ1) is 13.7. The Morgan fingerprint density at radius 3 is 2.82 bits per heavy atom. The number of nitro benzene ring substituents is 1. The van der Waals surface area contributed by atoms with Crippen LogP contribution in [0.5, 0.6) is 0 Å². The molecule has 8 heteroatoms. The van der Waals surface area contributed by atoms with Gasteiger partial charge < -0.3 is 15.3 Å². The number of nitrogens with zero attached hydrogens (tertiary/aromatic N) is 4. The van der Waals surface area contributed by atoms with Crippen molar-refractivity contribution >= 4 is 28.0 Å². The molecule has 1 aliphatic heterocycles. The van der Waals surface area contributed by atoms with E-state index < -0.39 is 0 Å². The van der Waals surface area contributed by atoms with Gasteiger partial charge in [-0.1, -0.05) is 24.3 Å². The molecule has 2 aromatic carbocycles. The molecule has 0 saturated heterocycles. The molecule has 28 heavy (non-hydrogen) atoms. The van der Waals surface area contributed by atoms with Crippen molar-refractivity contribution in [2.24, 2.45) is 0 Å². The number of anilines is 2. The normalized spacial score (nSPS) is 12.2. The quantitative estimate of drug-likeness (QED) is 0.270. The van der Waals surface area contributed by atoms with Crippen LogP contribution in [0.15, 0.2) is 49.1 Å². The molecule has 0 amide bonds. The molecule has 1 aliphatic rings. The van der Waals surface area contributed by atoms with Crippen LogP contribution >= 0.6 is 0 Å². The average Bonchev–Trinajstić information content (AvgIpc) is 3.07. The predicted molar refractivity (Wildman–Crippen MR) is 109 cm³/mol. The van der Waals surface area contributed by atoms with Crippen LogP contribution in [0.2, 0.25) is 0 Å². The highest BCUT2D eigenvalue weighted by Crippen LogP contribution is 2.50. The first-order valence-electron chi connectivity index (χ1n) is 9.14. The number of para-hydroxylation sites is 1. The lowest BCUT2D eigenvalue weighted by Gasteiger charge is -2.29. The number of rotatable bonds is 8. The molecule has 0 fully saturated rings. The highest BCUT2D eigenvalue weighted by Gasteiger charge is 2.33. The number of aliphatic hydroxyl groups is 1. The first-order valence-corrected chi connectivity index (χ1v) is 9.14. The number of aromatic nitrogens is 2. The molecule has 0 spiro atoms. The highest BCUT2D eigenvalue weighted by atomic mass is 16.6. The number of nitro groups is 1. The Kier molecular flexibility index (Phi) is 4.81. The van der Waals surface area contributed by atoms with Gasteiger partial charge in [0.15, 0.2) is 0 Å². The van der Waals surface area contributed by atoms with E-state index in [1.165, 1.54) is 0 Å². The zero-order valence-electron chi connectivity index (χ0n) is 15.3. The van der Waals surface area contributed by atoms with E-state index >= 15 is 0 Å². The van der Waals surface area contributed by atoms with Gasteiger partial charge in [-0.2, -0.15) is 5.10 Å². The van der Waals surface area contributed by atoms with Gasteiger partial charge in [-0.25, -0.2) is 0 Å². The van der Waals surface area contributed by atoms with Crippen LogP contribution in [0.3, 0.4) is 0 Å². The summed E-state index contributed by atoms with van der Waals surface area (Å²) in [7, 11) is 0. The van der Waals surface area contributed by atoms with Gasteiger partial charge in [-0.3, -0.25) is 14.8 Å². The van der Waals surface area contributed by atoms with E-state index in [2.05, 4.69) is 11.9 Å². The van der Waals surface area contributed by atoms with Gasteiger partial charge in [0.2, 0.25) is 0 Å². The zero-order chi connectivity index (χ0) is 19.7. The van der Waals surface area contributed by atoms with Gasteiger partial charge in [-0.05, 0) is 12.1 Å². The second-order valence-corrected chi connectivity index (χ2v) is 6.55. The Morgan fingerprint density at radius 2 is 2.07 bits per heavy atom. The fraction of sp³-hybridized carbons (Fsp3) is 0.250. The van der Waals surface area contributed by atoms with Crippen LogP contribution in [-0.4, -0.2) is 46.1 Å². The molecule has 0 atom stereocenters. The van der Waals surface area contributed by atoms with E-state index in [0.29, 0.717) is 31.9 Å². The summed E-state index contributed by atoms with van der Waals surface area (Å²) in [4.78, 5) is 13.4. The minimum Gasteiger partial charge on any atom is -0.395 e.